The number of nitrogens with one attached hydrogen (secondary N) is 1. The summed E-state index contributed by atoms with van der Waals surface area (Å²) >= 11 is 5.07. The summed E-state index contributed by atoms with van der Waals surface area (Å²) in [4.78, 5) is 2.04. The van der Waals surface area contributed by atoms with Gasteiger partial charge in [-0.1, -0.05) is 12.1 Å². The molecule has 2 aromatic rings. The Morgan fingerprint density at radius 3 is 2.70 bits per heavy atom. The van der Waals surface area contributed by atoms with Crippen molar-refractivity contribution in [2.24, 2.45) is 5.73 Å². The van der Waals surface area contributed by atoms with Gasteiger partial charge in [-0.15, -0.1) is 11.3 Å². The van der Waals surface area contributed by atoms with E-state index in [1.165, 1.54) is 11.6 Å². The SMILES string of the molecule is CN(Cc1csc(Br)c1)Cc1ccc(C(=N)N)cc1F. The van der Waals surface area contributed by atoms with Crippen LogP contribution in [0.25, 0.3) is 0 Å². The summed E-state index contributed by atoms with van der Waals surface area (Å²) in [6.45, 7) is 1.27. The molecule has 1 aromatic carbocycles. The van der Waals surface area contributed by atoms with Crippen molar-refractivity contribution < 1.29 is 4.39 Å². The number of hydrogen-bond donors (Lipinski definition) is 2. The minimum absolute atomic E-state index is 0.119. The number of amidine groups is 1. The van der Waals surface area contributed by atoms with E-state index in [-0.39, 0.29) is 11.7 Å². The Morgan fingerprint density at radius 2 is 2.15 bits per heavy atom. The molecule has 0 fully saturated rings. The standard InChI is InChI=1S/C14H15BrFN3S/c1-19(6-9-4-13(15)20-8-9)7-11-3-2-10(14(17)18)5-12(11)16/h2-5,8H,6-7H2,1H3,(H3,17,18). The van der Waals surface area contributed by atoms with Crippen molar-refractivity contribution in [3.8, 4) is 0 Å². The van der Waals surface area contributed by atoms with Crippen molar-refractivity contribution >= 4 is 33.1 Å². The fourth-order valence-electron chi connectivity index (χ4n) is 1.93. The molecule has 0 spiro atoms. The van der Waals surface area contributed by atoms with Gasteiger partial charge in [-0.05, 0) is 46.1 Å². The number of halogens is 2. The smallest absolute Gasteiger partial charge is 0.128 e. The predicted molar refractivity (Wildman–Crippen MR) is 84.6 cm³/mol. The summed E-state index contributed by atoms with van der Waals surface area (Å²) in [5.74, 6) is -0.442. The summed E-state index contributed by atoms with van der Waals surface area (Å²) in [7, 11) is 1.95. The highest BCUT2D eigenvalue weighted by Gasteiger charge is 2.09. The van der Waals surface area contributed by atoms with E-state index >= 15 is 0 Å². The van der Waals surface area contributed by atoms with E-state index in [1.54, 1.807) is 23.5 Å². The van der Waals surface area contributed by atoms with Crippen LogP contribution in [-0.2, 0) is 13.1 Å². The van der Waals surface area contributed by atoms with Crippen molar-refractivity contribution in [3.05, 3.63) is 55.9 Å². The molecule has 0 aliphatic rings. The van der Waals surface area contributed by atoms with Crippen molar-refractivity contribution in [1.29, 1.82) is 5.41 Å². The van der Waals surface area contributed by atoms with Gasteiger partial charge in [0.25, 0.3) is 0 Å². The van der Waals surface area contributed by atoms with Crippen molar-refractivity contribution in [2.75, 3.05) is 7.05 Å². The number of nitrogens with zero attached hydrogens (tertiary/aromatic N) is 1. The third-order valence-corrected chi connectivity index (χ3v) is 4.43. The number of nitrogen functional groups attached to an aromatic ring is 1. The molecule has 0 bridgehead atoms. The van der Waals surface area contributed by atoms with Crippen molar-refractivity contribution in [3.63, 3.8) is 0 Å². The van der Waals surface area contributed by atoms with E-state index in [0.717, 1.165) is 10.3 Å². The molecule has 3 N–H and O–H groups in total. The maximum absolute atomic E-state index is 13.9. The Labute approximate surface area is 129 Å². The molecule has 0 aliphatic carbocycles. The van der Waals surface area contributed by atoms with E-state index in [4.69, 9.17) is 11.1 Å². The van der Waals surface area contributed by atoms with Gasteiger partial charge in [0, 0.05) is 24.2 Å². The molecule has 2 rings (SSSR count). The number of thiophene rings is 1. The first kappa shape index (κ1) is 15.2. The van der Waals surface area contributed by atoms with Gasteiger partial charge in [-0.25, -0.2) is 4.39 Å². The molecule has 3 nitrogen and oxygen atoms in total. The molecule has 20 heavy (non-hydrogen) atoms. The fraction of sp³-hybridized carbons (Fsp3) is 0.214. The van der Waals surface area contributed by atoms with Gasteiger partial charge in [0.15, 0.2) is 0 Å². The minimum atomic E-state index is -0.323. The fourth-order valence-corrected chi connectivity index (χ4v) is 3.13. The van der Waals surface area contributed by atoms with Gasteiger partial charge in [-0.2, -0.15) is 0 Å². The molecule has 1 heterocycles. The molecule has 0 unspecified atom stereocenters. The summed E-state index contributed by atoms with van der Waals surface area (Å²) in [6, 6.07) is 6.74. The number of hydrogen-bond acceptors (Lipinski definition) is 3. The van der Waals surface area contributed by atoms with Crippen molar-refractivity contribution in [2.45, 2.75) is 13.1 Å². The zero-order valence-electron chi connectivity index (χ0n) is 11.0. The maximum Gasteiger partial charge on any atom is 0.128 e. The summed E-state index contributed by atoms with van der Waals surface area (Å²) in [5, 5.41) is 9.37. The molecule has 0 saturated carbocycles. The van der Waals surface area contributed by atoms with E-state index in [0.29, 0.717) is 17.7 Å². The molecule has 106 valence electrons. The van der Waals surface area contributed by atoms with Crippen LogP contribution in [0, 0.1) is 11.2 Å². The quantitative estimate of drug-likeness (QED) is 0.636. The van der Waals surface area contributed by atoms with Gasteiger partial charge in [0.05, 0.1) is 3.79 Å². The second-order valence-corrected chi connectivity index (χ2v) is 6.94. The summed E-state index contributed by atoms with van der Waals surface area (Å²) in [5.41, 5.74) is 7.56. The number of benzene rings is 1. The monoisotopic (exact) mass is 355 g/mol. The lowest BCUT2D eigenvalue weighted by atomic mass is 10.1. The Hall–Kier alpha value is -1.24. The molecule has 6 heteroatoms. The van der Waals surface area contributed by atoms with E-state index in [1.807, 2.05) is 11.9 Å². The first-order valence-corrected chi connectivity index (χ1v) is 7.67. The lowest BCUT2D eigenvalue weighted by molar-refractivity contribution is 0.314. The Bertz CT molecular complexity index is 627. The highest BCUT2D eigenvalue weighted by Crippen LogP contribution is 2.22. The van der Waals surface area contributed by atoms with Crippen molar-refractivity contribution in [1.82, 2.24) is 4.90 Å². The van der Waals surface area contributed by atoms with E-state index in [2.05, 4.69) is 27.4 Å². The van der Waals surface area contributed by atoms with Crippen LogP contribution in [0.3, 0.4) is 0 Å². The zero-order chi connectivity index (χ0) is 14.7. The lowest BCUT2D eigenvalue weighted by Gasteiger charge is -2.16. The Kier molecular flexibility index (Phi) is 4.91. The van der Waals surface area contributed by atoms with Crippen LogP contribution in [0.5, 0.6) is 0 Å². The molecule has 0 amide bonds. The third kappa shape index (κ3) is 3.88. The molecule has 0 radical (unpaired) electrons. The maximum atomic E-state index is 13.9. The van der Waals surface area contributed by atoms with Gasteiger partial charge < -0.3 is 5.73 Å². The number of rotatable bonds is 5. The van der Waals surface area contributed by atoms with Gasteiger partial charge in [-0.3, -0.25) is 10.3 Å². The molecule has 1 aromatic heterocycles. The highest BCUT2D eigenvalue weighted by atomic mass is 79.9. The van der Waals surface area contributed by atoms with Crippen LogP contribution in [-0.4, -0.2) is 17.8 Å². The Morgan fingerprint density at radius 1 is 1.40 bits per heavy atom. The minimum Gasteiger partial charge on any atom is -0.384 e. The topological polar surface area (TPSA) is 53.1 Å². The summed E-state index contributed by atoms with van der Waals surface area (Å²) < 4.78 is 15.0. The van der Waals surface area contributed by atoms with E-state index < -0.39 is 0 Å². The van der Waals surface area contributed by atoms with Gasteiger partial charge in [0.2, 0.25) is 0 Å². The third-order valence-electron chi connectivity index (χ3n) is 2.88. The second-order valence-electron chi connectivity index (χ2n) is 4.65. The van der Waals surface area contributed by atoms with Crippen LogP contribution in [0.4, 0.5) is 4.39 Å². The Balaban J connectivity index is 2.04. The summed E-state index contributed by atoms with van der Waals surface area (Å²) in [6.07, 6.45) is 0. The molecular weight excluding hydrogens is 341 g/mol. The number of nitrogens with two attached hydrogens (primary N) is 1. The van der Waals surface area contributed by atoms with Crippen LogP contribution >= 0.6 is 27.3 Å². The van der Waals surface area contributed by atoms with Crippen LogP contribution in [0.1, 0.15) is 16.7 Å². The second kappa shape index (κ2) is 6.47. The molecule has 0 aliphatic heterocycles. The predicted octanol–water partition coefficient (Wildman–Crippen LogP) is 3.57. The zero-order valence-corrected chi connectivity index (χ0v) is 13.4. The molecular formula is C14H15BrFN3S. The molecule has 0 atom stereocenters. The van der Waals surface area contributed by atoms with Crippen LogP contribution in [0.2, 0.25) is 0 Å². The normalized spacial score (nSPS) is 11.0. The highest BCUT2D eigenvalue weighted by molar-refractivity contribution is 9.11. The largest absolute Gasteiger partial charge is 0.384 e. The van der Waals surface area contributed by atoms with Gasteiger partial charge >= 0.3 is 0 Å². The lowest BCUT2D eigenvalue weighted by Crippen LogP contribution is -2.18. The van der Waals surface area contributed by atoms with Crippen LogP contribution in [0.15, 0.2) is 33.4 Å². The molecule has 0 saturated heterocycles. The average molecular weight is 356 g/mol. The van der Waals surface area contributed by atoms with Crippen LogP contribution < -0.4 is 5.73 Å². The average Bonchev–Trinajstić information content (AvgIpc) is 2.77. The first-order valence-electron chi connectivity index (χ1n) is 6.00. The van der Waals surface area contributed by atoms with Gasteiger partial charge in [0.1, 0.15) is 11.7 Å². The first-order chi connectivity index (χ1) is 9.45. The van der Waals surface area contributed by atoms with E-state index in [9.17, 15) is 4.39 Å².